The summed E-state index contributed by atoms with van der Waals surface area (Å²) < 4.78 is 6.01. The van der Waals surface area contributed by atoms with E-state index in [-0.39, 0.29) is 5.41 Å². The highest BCUT2D eigenvalue weighted by Crippen LogP contribution is 2.56. The van der Waals surface area contributed by atoms with Crippen LogP contribution in [-0.4, -0.2) is 28.2 Å². The Balaban J connectivity index is 1.35. The molecular weight excluding hydrogens is 472 g/mol. The lowest BCUT2D eigenvalue weighted by molar-refractivity contribution is -0.144. The quantitative estimate of drug-likeness (QED) is 0.354. The lowest BCUT2D eigenvalue weighted by Crippen LogP contribution is -2.53. The van der Waals surface area contributed by atoms with E-state index in [2.05, 4.69) is 41.5 Å². The summed E-state index contributed by atoms with van der Waals surface area (Å²) >= 11 is 6.17. The van der Waals surface area contributed by atoms with Gasteiger partial charge in [0.15, 0.2) is 0 Å². The van der Waals surface area contributed by atoms with Gasteiger partial charge in [-0.15, -0.1) is 0 Å². The number of pyridine rings is 1. The minimum Gasteiger partial charge on any atom is -0.492 e. The summed E-state index contributed by atoms with van der Waals surface area (Å²) in [6, 6.07) is 19.9. The molecule has 36 heavy (non-hydrogen) atoms. The maximum atomic E-state index is 12.6. The minimum atomic E-state index is -0.993. The number of nitrogens with one attached hydrogen (secondary N) is 1. The Labute approximate surface area is 217 Å². The van der Waals surface area contributed by atoms with Crippen LogP contribution in [-0.2, 0) is 16.6 Å². The molecule has 0 aliphatic heterocycles. The van der Waals surface area contributed by atoms with Crippen molar-refractivity contribution in [3.05, 3.63) is 89.2 Å². The van der Waals surface area contributed by atoms with Crippen molar-refractivity contribution in [2.24, 2.45) is 11.8 Å². The predicted molar refractivity (Wildman–Crippen MR) is 143 cm³/mol. The molecule has 0 amide bonds. The standard InChI is InChI=1S/C30H33ClN2O3/c1-21(20-36-26-9-5-15-32-19-26)16-23-17-22-6-2-3-10-27(22)29(23)11-13-30(14-12-29,28(34)35)33-25-8-4-7-24(31)18-25/h2-10,15,18-19,21,23,33H,11-14,16-17,20H2,1H3,(H,34,35)/t21-,23?,29?,30?/m1/s1. The molecule has 2 aliphatic carbocycles. The summed E-state index contributed by atoms with van der Waals surface area (Å²) in [4.78, 5) is 16.7. The predicted octanol–water partition coefficient (Wildman–Crippen LogP) is 6.76. The van der Waals surface area contributed by atoms with Crippen LogP contribution >= 0.6 is 11.6 Å². The van der Waals surface area contributed by atoms with Crippen LogP contribution in [0.3, 0.4) is 0 Å². The van der Waals surface area contributed by atoms with Crippen LogP contribution in [0.15, 0.2) is 73.1 Å². The second-order valence-corrected chi connectivity index (χ2v) is 11.0. The van der Waals surface area contributed by atoms with E-state index in [1.54, 1.807) is 24.5 Å². The zero-order valence-corrected chi connectivity index (χ0v) is 21.4. The Hall–Kier alpha value is -3.05. The Morgan fingerprint density at radius 3 is 2.67 bits per heavy atom. The van der Waals surface area contributed by atoms with Crippen molar-refractivity contribution in [3.63, 3.8) is 0 Å². The van der Waals surface area contributed by atoms with Crippen LogP contribution in [0, 0.1) is 11.8 Å². The number of aliphatic carboxylic acids is 1. The first-order valence-electron chi connectivity index (χ1n) is 12.8. The second-order valence-electron chi connectivity index (χ2n) is 10.6. The lowest BCUT2D eigenvalue weighted by atomic mass is 9.59. The number of anilines is 1. The maximum absolute atomic E-state index is 12.6. The number of carboxylic acid groups (broad SMARTS) is 1. The molecule has 0 bridgehead atoms. The number of fused-ring (bicyclic) bond motifs is 2. The van der Waals surface area contributed by atoms with Crippen LogP contribution in [0.1, 0.15) is 50.2 Å². The highest BCUT2D eigenvalue weighted by atomic mass is 35.5. The molecule has 1 unspecified atom stereocenters. The number of nitrogens with zero attached hydrogens (tertiary/aromatic N) is 1. The molecule has 1 fully saturated rings. The molecule has 6 heteroatoms. The van der Waals surface area contributed by atoms with Crippen molar-refractivity contribution >= 4 is 23.3 Å². The van der Waals surface area contributed by atoms with Gasteiger partial charge >= 0.3 is 5.97 Å². The van der Waals surface area contributed by atoms with E-state index in [0.717, 1.165) is 37.1 Å². The molecule has 2 N–H and O–H groups in total. The molecule has 5 rings (SSSR count). The Bertz CT molecular complexity index is 1210. The van der Waals surface area contributed by atoms with E-state index in [0.29, 0.717) is 36.3 Å². The van der Waals surface area contributed by atoms with Gasteiger partial charge in [-0.2, -0.15) is 0 Å². The van der Waals surface area contributed by atoms with E-state index in [9.17, 15) is 9.90 Å². The SMILES string of the molecule is C[C@@H](COc1cccnc1)CC1Cc2ccccc2C12CCC(Nc1cccc(Cl)c1)(C(=O)O)CC2. The summed E-state index contributed by atoms with van der Waals surface area (Å²) in [5.41, 5.74) is 2.58. The number of carbonyl (C=O) groups is 1. The summed E-state index contributed by atoms with van der Waals surface area (Å²) in [5.74, 6) is 0.834. The van der Waals surface area contributed by atoms with E-state index in [4.69, 9.17) is 16.3 Å². The van der Waals surface area contributed by atoms with Crippen molar-refractivity contribution in [3.8, 4) is 5.75 Å². The number of hydrogen-bond donors (Lipinski definition) is 2. The largest absolute Gasteiger partial charge is 0.492 e. The lowest BCUT2D eigenvalue weighted by Gasteiger charge is -2.47. The van der Waals surface area contributed by atoms with Gasteiger partial charge in [-0.1, -0.05) is 48.9 Å². The monoisotopic (exact) mass is 504 g/mol. The molecule has 3 aromatic rings. The second kappa shape index (κ2) is 10.1. The van der Waals surface area contributed by atoms with E-state index >= 15 is 0 Å². The Morgan fingerprint density at radius 1 is 1.14 bits per heavy atom. The summed E-state index contributed by atoms with van der Waals surface area (Å²) in [6.45, 7) is 2.89. The number of benzene rings is 2. The molecule has 1 saturated carbocycles. The third kappa shape index (κ3) is 4.81. The third-order valence-corrected chi connectivity index (χ3v) is 8.51. The van der Waals surface area contributed by atoms with E-state index in [1.165, 1.54) is 11.1 Å². The fraction of sp³-hybridized carbons (Fsp3) is 0.400. The van der Waals surface area contributed by atoms with Crippen LogP contribution in [0.4, 0.5) is 5.69 Å². The molecule has 1 heterocycles. The molecule has 0 radical (unpaired) electrons. The minimum absolute atomic E-state index is 0.00583. The van der Waals surface area contributed by atoms with Gasteiger partial charge in [0.25, 0.3) is 0 Å². The number of hydrogen-bond acceptors (Lipinski definition) is 4. The first-order valence-corrected chi connectivity index (χ1v) is 13.2. The highest BCUT2D eigenvalue weighted by Gasteiger charge is 2.53. The van der Waals surface area contributed by atoms with Crippen molar-refractivity contribution in [1.29, 1.82) is 0 Å². The molecule has 2 atom stereocenters. The van der Waals surface area contributed by atoms with Gasteiger partial charge in [0.1, 0.15) is 11.3 Å². The van der Waals surface area contributed by atoms with Gasteiger partial charge in [0.2, 0.25) is 0 Å². The number of aromatic nitrogens is 1. The van der Waals surface area contributed by atoms with Crippen LogP contribution in [0.25, 0.3) is 0 Å². The van der Waals surface area contributed by atoms with Crippen molar-refractivity contribution in [2.75, 3.05) is 11.9 Å². The molecule has 0 saturated heterocycles. The van der Waals surface area contributed by atoms with Crippen LogP contribution in [0.5, 0.6) is 5.75 Å². The van der Waals surface area contributed by atoms with Gasteiger partial charge in [0.05, 0.1) is 12.8 Å². The number of rotatable bonds is 8. The average molecular weight is 505 g/mol. The molecule has 2 aliphatic rings. The molecule has 188 valence electrons. The first kappa shape index (κ1) is 24.6. The van der Waals surface area contributed by atoms with E-state index < -0.39 is 11.5 Å². The van der Waals surface area contributed by atoms with E-state index in [1.807, 2.05) is 24.3 Å². The maximum Gasteiger partial charge on any atom is 0.329 e. The zero-order valence-electron chi connectivity index (χ0n) is 20.6. The normalized spacial score (nSPS) is 25.8. The van der Waals surface area contributed by atoms with Gasteiger partial charge < -0.3 is 15.2 Å². The third-order valence-electron chi connectivity index (χ3n) is 8.27. The first-order chi connectivity index (χ1) is 17.4. The topological polar surface area (TPSA) is 71.5 Å². The number of halogens is 1. The molecule has 5 nitrogen and oxygen atoms in total. The van der Waals surface area contributed by atoms with Gasteiger partial charge in [-0.3, -0.25) is 4.98 Å². The fourth-order valence-electron chi connectivity index (χ4n) is 6.43. The smallest absolute Gasteiger partial charge is 0.329 e. The van der Waals surface area contributed by atoms with Crippen LogP contribution < -0.4 is 10.1 Å². The van der Waals surface area contributed by atoms with Crippen LogP contribution in [0.2, 0.25) is 5.02 Å². The molecular formula is C30H33ClN2O3. The van der Waals surface area contributed by atoms with Crippen molar-refractivity contribution < 1.29 is 14.6 Å². The fourth-order valence-corrected chi connectivity index (χ4v) is 6.62. The summed E-state index contributed by atoms with van der Waals surface area (Å²) in [7, 11) is 0. The Morgan fingerprint density at radius 2 is 1.94 bits per heavy atom. The molecule has 1 aromatic heterocycles. The van der Waals surface area contributed by atoms with Crippen molar-refractivity contribution in [2.45, 2.75) is 56.4 Å². The summed E-state index contributed by atoms with van der Waals surface area (Å²) in [6.07, 6.45) is 8.39. The summed E-state index contributed by atoms with van der Waals surface area (Å²) in [5, 5.41) is 14.3. The number of carboxylic acids is 1. The molecule has 2 aromatic carbocycles. The van der Waals surface area contributed by atoms with Crippen molar-refractivity contribution in [1.82, 2.24) is 4.98 Å². The number of ether oxygens (including phenoxy) is 1. The van der Waals surface area contributed by atoms with Gasteiger partial charge in [-0.05, 0) is 97.2 Å². The highest BCUT2D eigenvalue weighted by molar-refractivity contribution is 6.30. The van der Waals surface area contributed by atoms with Gasteiger partial charge in [0, 0.05) is 16.9 Å². The zero-order chi connectivity index (χ0) is 25.2. The Kier molecular flexibility index (Phi) is 6.94. The van der Waals surface area contributed by atoms with Gasteiger partial charge in [-0.25, -0.2) is 4.79 Å². The molecule has 1 spiro atoms. The average Bonchev–Trinajstić information content (AvgIpc) is 3.17.